The van der Waals surface area contributed by atoms with Gasteiger partial charge in [0.1, 0.15) is 0 Å². The van der Waals surface area contributed by atoms with Crippen LogP contribution in [-0.2, 0) is 0 Å². The van der Waals surface area contributed by atoms with E-state index in [2.05, 4.69) is 15.2 Å². The van der Waals surface area contributed by atoms with E-state index in [9.17, 15) is 0 Å². The molecule has 4 nitrogen and oxygen atoms in total. The van der Waals surface area contributed by atoms with Gasteiger partial charge in [-0.1, -0.05) is 0 Å². The second-order valence-corrected chi connectivity index (χ2v) is 2.94. The van der Waals surface area contributed by atoms with Crippen molar-refractivity contribution in [2.24, 2.45) is 0 Å². The average molecular weight is 190 g/mol. The van der Waals surface area contributed by atoms with Crippen molar-refractivity contribution in [3.05, 3.63) is 42.0 Å². The Bertz CT molecular complexity index is 350. The number of hydrogen-bond acceptors (Lipinski definition) is 3. The summed E-state index contributed by atoms with van der Waals surface area (Å²) in [6, 6.07) is 3.60. The van der Waals surface area contributed by atoms with Gasteiger partial charge in [0.15, 0.2) is 0 Å². The molecule has 0 amide bonds. The SMILES string of the molecule is Cc1c[nH]nc1C.Nc1cccnc1. The Balaban J connectivity index is 0.000000140. The van der Waals surface area contributed by atoms with E-state index in [1.54, 1.807) is 24.5 Å². The van der Waals surface area contributed by atoms with Gasteiger partial charge in [0.25, 0.3) is 0 Å². The molecular formula is C10H14N4. The molecule has 0 bridgehead atoms. The number of nitrogens with one attached hydrogen (secondary N) is 1. The van der Waals surface area contributed by atoms with E-state index in [1.165, 1.54) is 5.56 Å². The first-order chi connectivity index (χ1) is 6.70. The summed E-state index contributed by atoms with van der Waals surface area (Å²) in [4.78, 5) is 3.76. The lowest BCUT2D eigenvalue weighted by Crippen LogP contribution is -1.82. The lowest BCUT2D eigenvalue weighted by molar-refractivity contribution is 1.04. The Kier molecular flexibility index (Phi) is 3.67. The number of hydrogen-bond donors (Lipinski definition) is 2. The van der Waals surface area contributed by atoms with Gasteiger partial charge in [0.2, 0.25) is 0 Å². The quantitative estimate of drug-likeness (QED) is 0.664. The zero-order valence-electron chi connectivity index (χ0n) is 8.36. The Morgan fingerprint density at radius 2 is 2.14 bits per heavy atom. The summed E-state index contributed by atoms with van der Waals surface area (Å²) < 4.78 is 0. The Morgan fingerprint density at radius 3 is 2.36 bits per heavy atom. The van der Waals surface area contributed by atoms with E-state index < -0.39 is 0 Å². The first-order valence-corrected chi connectivity index (χ1v) is 4.32. The fraction of sp³-hybridized carbons (Fsp3) is 0.200. The maximum absolute atomic E-state index is 5.30. The van der Waals surface area contributed by atoms with Crippen LogP contribution in [0.1, 0.15) is 11.3 Å². The van der Waals surface area contributed by atoms with Crippen LogP contribution in [0.4, 0.5) is 5.69 Å². The van der Waals surface area contributed by atoms with Gasteiger partial charge in [-0.15, -0.1) is 0 Å². The monoisotopic (exact) mass is 190 g/mol. The molecule has 2 rings (SSSR count). The second kappa shape index (κ2) is 5.01. The van der Waals surface area contributed by atoms with E-state index >= 15 is 0 Å². The highest BCUT2D eigenvalue weighted by Gasteiger charge is 1.88. The van der Waals surface area contributed by atoms with Crippen LogP contribution in [0.2, 0.25) is 0 Å². The second-order valence-electron chi connectivity index (χ2n) is 2.94. The number of aromatic amines is 1. The molecule has 14 heavy (non-hydrogen) atoms. The van der Waals surface area contributed by atoms with Gasteiger partial charge in [-0.25, -0.2) is 0 Å². The summed E-state index contributed by atoms with van der Waals surface area (Å²) in [5.41, 5.74) is 8.31. The van der Waals surface area contributed by atoms with Crippen molar-refractivity contribution in [2.45, 2.75) is 13.8 Å². The molecule has 0 aromatic carbocycles. The third-order valence-corrected chi connectivity index (χ3v) is 1.77. The highest BCUT2D eigenvalue weighted by Crippen LogP contribution is 1.96. The van der Waals surface area contributed by atoms with Crippen molar-refractivity contribution >= 4 is 5.69 Å². The fourth-order valence-electron chi connectivity index (χ4n) is 0.795. The van der Waals surface area contributed by atoms with Crippen molar-refractivity contribution in [1.82, 2.24) is 15.2 Å². The topological polar surface area (TPSA) is 67.6 Å². The number of H-pyrrole nitrogens is 1. The van der Waals surface area contributed by atoms with Crippen molar-refractivity contribution in [3.63, 3.8) is 0 Å². The molecule has 4 heteroatoms. The molecule has 2 aromatic rings. The highest BCUT2D eigenvalue weighted by molar-refractivity contribution is 5.32. The molecule has 0 saturated heterocycles. The summed E-state index contributed by atoms with van der Waals surface area (Å²) in [6.45, 7) is 4.00. The highest BCUT2D eigenvalue weighted by atomic mass is 15.1. The Morgan fingerprint density at radius 1 is 1.36 bits per heavy atom. The predicted molar refractivity (Wildman–Crippen MR) is 56.7 cm³/mol. The first-order valence-electron chi connectivity index (χ1n) is 4.32. The number of rotatable bonds is 0. The summed E-state index contributed by atoms with van der Waals surface area (Å²) in [5.74, 6) is 0. The largest absolute Gasteiger partial charge is 0.397 e. The van der Waals surface area contributed by atoms with E-state index in [0.29, 0.717) is 5.69 Å². The van der Waals surface area contributed by atoms with Crippen LogP contribution in [0.25, 0.3) is 0 Å². The first kappa shape index (κ1) is 10.2. The van der Waals surface area contributed by atoms with E-state index in [-0.39, 0.29) is 0 Å². The fourth-order valence-corrected chi connectivity index (χ4v) is 0.795. The van der Waals surface area contributed by atoms with Crippen LogP contribution in [0.3, 0.4) is 0 Å². The molecule has 0 fully saturated rings. The standard InChI is InChI=1S/C5H8N2.C5H6N2/c1-4-3-6-7-5(4)2;6-5-2-1-3-7-4-5/h3H,1-2H3,(H,6,7);1-4H,6H2. The lowest BCUT2D eigenvalue weighted by Gasteiger charge is -1.83. The minimum absolute atomic E-state index is 0.711. The smallest absolute Gasteiger partial charge is 0.0620 e. The number of nitrogen functional groups attached to an aromatic ring is 1. The molecule has 2 heterocycles. The van der Waals surface area contributed by atoms with Gasteiger partial charge < -0.3 is 5.73 Å². The van der Waals surface area contributed by atoms with Crippen LogP contribution in [0.5, 0.6) is 0 Å². The van der Waals surface area contributed by atoms with Gasteiger partial charge in [-0.3, -0.25) is 10.1 Å². The number of anilines is 1. The third-order valence-electron chi connectivity index (χ3n) is 1.77. The van der Waals surface area contributed by atoms with Crippen LogP contribution in [0.15, 0.2) is 30.7 Å². The summed E-state index contributed by atoms with van der Waals surface area (Å²) >= 11 is 0. The minimum atomic E-state index is 0.711. The van der Waals surface area contributed by atoms with E-state index in [4.69, 9.17) is 5.73 Å². The van der Waals surface area contributed by atoms with Crippen molar-refractivity contribution in [1.29, 1.82) is 0 Å². The van der Waals surface area contributed by atoms with Gasteiger partial charge in [0, 0.05) is 18.6 Å². The zero-order valence-corrected chi connectivity index (χ0v) is 8.36. The number of aryl methyl sites for hydroxylation is 2. The molecule has 0 spiro atoms. The van der Waals surface area contributed by atoms with Gasteiger partial charge in [0.05, 0.1) is 11.4 Å². The third kappa shape index (κ3) is 3.26. The molecule has 0 atom stereocenters. The van der Waals surface area contributed by atoms with Gasteiger partial charge in [-0.05, 0) is 31.5 Å². The molecule has 3 N–H and O–H groups in total. The molecule has 0 saturated carbocycles. The molecule has 0 aliphatic heterocycles. The molecule has 0 aliphatic carbocycles. The van der Waals surface area contributed by atoms with E-state index in [1.807, 2.05) is 20.0 Å². The molecule has 0 aliphatic rings. The minimum Gasteiger partial charge on any atom is -0.397 e. The summed E-state index contributed by atoms with van der Waals surface area (Å²) in [7, 11) is 0. The number of pyridine rings is 1. The number of nitrogens with two attached hydrogens (primary N) is 1. The van der Waals surface area contributed by atoms with Crippen molar-refractivity contribution in [2.75, 3.05) is 5.73 Å². The van der Waals surface area contributed by atoms with Crippen molar-refractivity contribution < 1.29 is 0 Å². The lowest BCUT2D eigenvalue weighted by atomic mass is 10.3. The zero-order chi connectivity index (χ0) is 10.4. The summed E-state index contributed by atoms with van der Waals surface area (Å²) in [5, 5.41) is 6.64. The van der Waals surface area contributed by atoms with Crippen LogP contribution in [-0.4, -0.2) is 15.2 Å². The molecule has 0 unspecified atom stereocenters. The molecular weight excluding hydrogens is 176 g/mol. The van der Waals surface area contributed by atoms with Gasteiger partial charge >= 0.3 is 0 Å². The Hall–Kier alpha value is -1.84. The van der Waals surface area contributed by atoms with Gasteiger partial charge in [-0.2, -0.15) is 5.10 Å². The molecule has 74 valence electrons. The maximum Gasteiger partial charge on any atom is 0.0620 e. The molecule has 0 radical (unpaired) electrons. The van der Waals surface area contributed by atoms with Crippen LogP contribution >= 0.6 is 0 Å². The predicted octanol–water partition coefficient (Wildman–Crippen LogP) is 1.69. The average Bonchev–Trinajstić information content (AvgIpc) is 2.53. The van der Waals surface area contributed by atoms with Crippen LogP contribution in [0, 0.1) is 13.8 Å². The number of aromatic nitrogens is 3. The normalized spacial score (nSPS) is 9.00. The maximum atomic E-state index is 5.30. The summed E-state index contributed by atoms with van der Waals surface area (Å²) in [6.07, 6.45) is 5.19. The van der Waals surface area contributed by atoms with Crippen molar-refractivity contribution in [3.8, 4) is 0 Å². The van der Waals surface area contributed by atoms with E-state index in [0.717, 1.165) is 5.69 Å². The Labute approximate surface area is 83.2 Å². The molecule has 2 aromatic heterocycles. The van der Waals surface area contributed by atoms with Crippen LogP contribution < -0.4 is 5.73 Å². The number of nitrogens with zero attached hydrogens (tertiary/aromatic N) is 2.